The summed E-state index contributed by atoms with van der Waals surface area (Å²) in [6.07, 6.45) is 1.56. The lowest BCUT2D eigenvalue weighted by molar-refractivity contribution is 0.255. The standard InChI is InChI=1S/C14H14N4O/c15-11-6-7-13(16-10-11)18-9-8-17(14(18)19)12-4-2-1-3-5-12/h1-7,10H,8-9,15H2. The first-order chi connectivity index (χ1) is 9.25. The number of urea groups is 1. The van der Waals surface area contributed by atoms with Crippen molar-refractivity contribution in [1.29, 1.82) is 0 Å². The van der Waals surface area contributed by atoms with Gasteiger partial charge < -0.3 is 5.73 Å². The van der Waals surface area contributed by atoms with Crippen molar-refractivity contribution in [2.24, 2.45) is 0 Å². The molecule has 5 heteroatoms. The van der Waals surface area contributed by atoms with Crippen LogP contribution < -0.4 is 15.5 Å². The number of aromatic nitrogens is 1. The highest BCUT2D eigenvalue weighted by Gasteiger charge is 2.31. The Balaban J connectivity index is 1.84. The van der Waals surface area contributed by atoms with Crippen molar-refractivity contribution in [2.75, 3.05) is 28.6 Å². The van der Waals surface area contributed by atoms with E-state index in [0.717, 1.165) is 5.69 Å². The summed E-state index contributed by atoms with van der Waals surface area (Å²) in [6, 6.07) is 13.1. The summed E-state index contributed by atoms with van der Waals surface area (Å²) in [7, 11) is 0. The Morgan fingerprint density at radius 2 is 1.74 bits per heavy atom. The first-order valence-electron chi connectivity index (χ1n) is 6.11. The lowest BCUT2D eigenvalue weighted by Crippen LogP contribution is -2.32. The summed E-state index contributed by atoms with van der Waals surface area (Å²) in [5.74, 6) is 0.637. The zero-order valence-corrected chi connectivity index (χ0v) is 10.4. The molecular formula is C14H14N4O. The smallest absolute Gasteiger partial charge is 0.330 e. The molecule has 96 valence electrons. The number of benzene rings is 1. The van der Waals surface area contributed by atoms with E-state index in [9.17, 15) is 4.79 Å². The zero-order chi connectivity index (χ0) is 13.2. The van der Waals surface area contributed by atoms with E-state index in [4.69, 9.17) is 5.73 Å². The van der Waals surface area contributed by atoms with Gasteiger partial charge >= 0.3 is 6.03 Å². The second kappa shape index (κ2) is 4.61. The highest BCUT2D eigenvalue weighted by molar-refractivity contribution is 6.05. The predicted molar refractivity (Wildman–Crippen MR) is 75.2 cm³/mol. The van der Waals surface area contributed by atoms with E-state index >= 15 is 0 Å². The Morgan fingerprint density at radius 3 is 2.42 bits per heavy atom. The first-order valence-corrected chi connectivity index (χ1v) is 6.11. The van der Waals surface area contributed by atoms with Crippen molar-refractivity contribution in [3.05, 3.63) is 48.7 Å². The van der Waals surface area contributed by atoms with Gasteiger partial charge in [0.25, 0.3) is 0 Å². The number of hydrogen-bond donors (Lipinski definition) is 1. The SMILES string of the molecule is Nc1ccc(N2CCN(c3ccccc3)C2=O)nc1. The van der Waals surface area contributed by atoms with Crippen LogP contribution in [0.1, 0.15) is 0 Å². The molecule has 0 aliphatic carbocycles. The normalized spacial score (nSPS) is 15.1. The number of hydrogen-bond acceptors (Lipinski definition) is 3. The molecule has 1 fully saturated rings. The maximum Gasteiger partial charge on any atom is 0.330 e. The molecule has 1 aliphatic heterocycles. The third kappa shape index (κ3) is 2.10. The number of carbonyl (C=O) groups is 1. The summed E-state index contributed by atoms with van der Waals surface area (Å²) < 4.78 is 0. The molecule has 0 saturated carbocycles. The van der Waals surface area contributed by atoms with Crippen molar-refractivity contribution >= 4 is 23.2 Å². The number of anilines is 3. The fourth-order valence-electron chi connectivity index (χ4n) is 2.15. The Bertz CT molecular complexity index is 582. The number of nitrogens with two attached hydrogens (primary N) is 1. The molecule has 0 radical (unpaired) electrons. The van der Waals surface area contributed by atoms with Gasteiger partial charge in [-0.2, -0.15) is 0 Å². The predicted octanol–water partition coefficient (Wildman–Crippen LogP) is 2.11. The molecule has 0 bridgehead atoms. The maximum atomic E-state index is 12.4. The van der Waals surface area contributed by atoms with Crippen LogP contribution in [0, 0.1) is 0 Å². The van der Waals surface area contributed by atoms with Gasteiger partial charge in [0.2, 0.25) is 0 Å². The van der Waals surface area contributed by atoms with Gasteiger partial charge in [0.1, 0.15) is 5.82 Å². The molecule has 2 N–H and O–H groups in total. The van der Waals surface area contributed by atoms with Crippen LogP contribution >= 0.6 is 0 Å². The maximum absolute atomic E-state index is 12.4. The van der Waals surface area contributed by atoms with E-state index < -0.39 is 0 Å². The minimum Gasteiger partial charge on any atom is -0.397 e. The molecule has 0 spiro atoms. The van der Waals surface area contributed by atoms with E-state index in [1.807, 2.05) is 30.3 Å². The quantitative estimate of drug-likeness (QED) is 0.892. The molecule has 0 unspecified atom stereocenters. The van der Waals surface area contributed by atoms with Crippen LogP contribution in [-0.2, 0) is 0 Å². The average molecular weight is 254 g/mol. The number of nitrogen functional groups attached to an aromatic ring is 1. The minimum absolute atomic E-state index is 0.0523. The van der Waals surface area contributed by atoms with Gasteiger partial charge in [-0.15, -0.1) is 0 Å². The number of rotatable bonds is 2. The molecule has 0 atom stereocenters. The lowest BCUT2D eigenvalue weighted by Gasteiger charge is -2.18. The number of amides is 2. The average Bonchev–Trinajstić information content (AvgIpc) is 2.83. The van der Waals surface area contributed by atoms with Crippen LogP contribution in [0.3, 0.4) is 0 Å². The summed E-state index contributed by atoms with van der Waals surface area (Å²) >= 11 is 0. The van der Waals surface area contributed by atoms with Crippen LogP contribution in [0.15, 0.2) is 48.7 Å². The van der Waals surface area contributed by atoms with Crippen molar-refractivity contribution in [3.8, 4) is 0 Å². The molecule has 2 amide bonds. The molecule has 1 saturated heterocycles. The highest BCUT2D eigenvalue weighted by Crippen LogP contribution is 2.23. The summed E-state index contributed by atoms with van der Waals surface area (Å²) in [5, 5.41) is 0. The van der Waals surface area contributed by atoms with Gasteiger partial charge in [0.15, 0.2) is 0 Å². The second-order valence-corrected chi connectivity index (χ2v) is 4.37. The van der Waals surface area contributed by atoms with Gasteiger partial charge in [-0.05, 0) is 24.3 Å². The third-order valence-electron chi connectivity index (χ3n) is 3.12. The minimum atomic E-state index is -0.0523. The molecule has 3 rings (SSSR count). The van der Waals surface area contributed by atoms with Gasteiger partial charge in [-0.25, -0.2) is 9.78 Å². The molecular weight excluding hydrogens is 240 g/mol. The Kier molecular flexibility index (Phi) is 2.79. The number of para-hydroxylation sites is 1. The summed E-state index contributed by atoms with van der Waals surface area (Å²) in [4.78, 5) is 20.0. The van der Waals surface area contributed by atoms with Crippen LogP contribution in [0.25, 0.3) is 0 Å². The number of pyridine rings is 1. The lowest BCUT2D eigenvalue weighted by atomic mass is 10.3. The molecule has 2 aromatic rings. The van der Waals surface area contributed by atoms with E-state index in [-0.39, 0.29) is 6.03 Å². The molecule has 2 heterocycles. The monoisotopic (exact) mass is 254 g/mol. The van der Waals surface area contributed by atoms with Crippen molar-refractivity contribution in [3.63, 3.8) is 0 Å². The van der Waals surface area contributed by atoms with Crippen molar-refractivity contribution < 1.29 is 4.79 Å². The number of carbonyl (C=O) groups excluding carboxylic acids is 1. The molecule has 5 nitrogen and oxygen atoms in total. The largest absolute Gasteiger partial charge is 0.397 e. The van der Waals surface area contributed by atoms with Crippen molar-refractivity contribution in [2.45, 2.75) is 0 Å². The molecule has 1 aromatic heterocycles. The van der Waals surface area contributed by atoms with Crippen LogP contribution in [-0.4, -0.2) is 24.1 Å². The Labute approximate surface area is 111 Å². The Hall–Kier alpha value is -2.56. The van der Waals surface area contributed by atoms with Crippen LogP contribution in [0.4, 0.5) is 22.0 Å². The fourth-order valence-corrected chi connectivity index (χ4v) is 2.15. The van der Waals surface area contributed by atoms with Gasteiger partial charge in [0, 0.05) is 18.8 Å². The third-order valence-corrected chi connectivity index (χ3v) is 3.12. The first kappa shape index (κ1) is 11.5. The Morgan fingerprint density at radius 1 is 1.00 bits per heavy atom. The number of nitrogens with zero attached hydrogens (tertiary/aromatic N) is 3. The summed E-state index contributed by atoms with van der Waals surface area (Å²) in [6.45, 7) is 1.29. The van der Waals surface area contributed by atoms with E-state index in [1.165, 1.54) is 0 Å². The van der Waals surface area contributed by atoms with E-state index in [1.54, 1.807) is 28.1 Å². The zero-order valence-electron chi connectivity index (χ0n) is 10.4. The molecule has 1 aliphatic rings. The van der Waals surface area contributed by atoms with Crippen LogP contribution in [0.2, 0.25) is 0 Å². The fraction of sp³-hybridized carbons (Fsp3) is 0.143. The van der Waals surface area contributed by atoms with Crippen LogP contribution in [0.5, 0.6) is 0 Å². The molecule has 1 aromatic carbocycles. The van der Waals surface area contributed by atoms with Gasteiger partial charge in [0.05, 0.1) is 11.9 Å². The topological polar surface area (TPSA) is 62.5 Å². The summed E-state index contributed by atoms with van der Waals surface area (Å²) in [5.41, 5.74) is 7.10. The van der Waals surface area contributed by atoms with Gasteiger partial charge in [-0.1, -0.05) is 18.2 Å². The van der Waals surface area contributed by atoms with Gasteiger partial charge in [-0.3, -0.25) is 9.80 Å². The van der Waals surface area contributed by atoms with E-state index in [0.29, 0.717) is 24.6 Å². The van der Waals surface area contributed by atoms with Crippen molar-refractivity contribution in [1.82, 2.24) is 4.98 Å². The van der Waals surface area contributed by atoms with E-state index in [2.05, 4.69) is 4.98 Å². The highest BCUT2D eigenvalue weighted by atomic mass is 16.2. The molecule has 19 heavy (non-hydrogen) atoms. The second-order valence-electron chi connectivity index (χ2n) is 4.37.